The fraction of sp³-hybridized carbons (Fsp3) is 0.125. The number of halogens is 1. The Morgan fingerprint density at radius 2 is 1.78 bits per heavy atom. The van der Waals surface area contributed by atoms with Gasteiger partial charge in [0.2, 0.25) is 12.9 Å². The van der Waals surface area contributed by atoms with E-state index >= 15 is 0 Å². The van der Waals surface area contributed by atoms with Gasteiger partial charge in [0.15, 0.2) is 11.5 Å². The molecule has 2 aromatic rings. The second kappa shape index (κ2) is 5.96. The van der Waals surface area contributed by atoms with Crippen molar-refractivity contribution in [2.45, 2.75) is 6.10 Å². The lowest BCUT2D eigenvalue weighted by molar-refractivity contribution is -0.127. The van der Waals surface area contributed by atoms with Crippen molar-refractivity contribution in [3.63, 3.8) is 0 Å². The molecule has 1 heterocycles. The molecule has 3 rings (SSSR count). The first-order valence-electron chi connectivity index (χ1n) is 6.70. The zero-order valence-electron chi connectivity index (χ0n) is 11.8. The van der Waals surface area contributed by atoms with Crippen LogP contribution in [0.5, 0.6) is 11.5 Å². The van der Waals surface area contributed by atoms with Crippen LogP contribution in [0.1, 0.15) is 22.0 Å². The van der Waals surface area contributed by atoms with Crippen molar-refractivity contribution in [2.24, 2.45) is 5.73 Å². The Labute approximate surface area is 130 Å². The summed E-state index contributed by atoms with van der Waals surface area (Å²) in [6.07, 6.45) is -1.31. The van der Waals surface area contributed by atoms with Crippen molar-refractivity contribution in [1.29, 1.82) is 0 Å². The van der Waals surface area contributed by atoms with E-state index in [0.717, 1.165) is 12.1 Å². The summed E-state index contributed by atoms with van der Waals surface area (Å²) >= 11 is 0. The van der Waals surface area contributed by atoms with Crippen molar-refractivity contribution >= 4 is 11.9 Å². The molecule has 118 valence electrons. The van der Waals surface area contributed by atoms with Crippen LogP contribution in [-0.2, 0) is 9.53 Å². The van der Waals surface area contributed by atoms with Crippen LogP contribution in [0.25, 0.3) is 0 Å². The Hall–Kier alpha value is -3.09. The molecule has 2 aromatic carbocycles. The molecule has 2 N–H and O–H groups in total. The average Bonchev–Trinajstić information content (AvgIpc) is 3.00. The highest BCUT2D eigenvalue weighted by molar-refractivity contribution is 5.93. The summed E-state index contributed by atoms with van der Waals surface area (Å²) in [6.45, 7) is 0.0767. The van der Waals surface area contributed by atoms with Gasteiger partial charge in [-0.2, -0.15) is 0 Å². The molecule has 0 spiro atoms. The van der Waals surface area contributed by atoms with Gasteiger partial charge < -0.3 is 19.9 Å². The molecule has 1 amide bonds. The van der Waals surface area contributed by atoms with Crippen LogP contribution >= 0.6 is 0 Å². The average molecular weight is 317 g/mol. The number of carbonyl (C=O) groups excluding carboxylic acids is 2. The summed E-state index contributed by atoms with van der Waals surface area (Å²) in [5.41, 5.74) is 5.74. The lowest BCUT2D eigenvalue weighted by Gasteiger charge is -2.15. The maximum Gasteiger partial charge on any atom is 0.339 e. The molecule has 7 heteroatoms. The van der Waals surface area contributed by atoms with Crippen LogP contribution in [0.4, 0.5) is 4.39 Å². The van der Waals surface area contributed by atoms with E-state index in [2.05, 4.69) is 0 Å². The first kappa shape index (κ1) is 14.8. The van der Waals surface area contributed by atoms with Crippen molar-refractivity contribution in [1.82, 2.24) is 0 Å². The lowest BCUT2D eigenvalue weighted by Crippen LogP contribution is -2.26. The van der Waals surface area contributed by atoms with E-state index < -0.39 is 23.8 Å². The van der Waals surface area contributed by atoms with Gasteiger partial charge in [0.05, 0.1) is 5.56 Å². The van der Waals surface area contributed by atoms with Crippen molar-refractivity contribution < 1.29 is 28.2 Å². The third kappa shape index (κ3) is 3.08. The van der Waals surface area contributed by atoms with Gasteiger partial charge in [0, 0.05) is 5.56 Å². The molecule has 0 unspecified atom stereocenters. The molecular formula is C16H12FNO5. The highest BCUT2D eigenvalue weighted by Gasteiger charge is 2.25. The zero-order valence-corrected chi connectivity index (χ0v) is 11.8. The van der Waals surface area contributed by atoms with Gasteiger partial charge in [0.25, 0.3) is 5.91 Å². The summed E-state index contributed by atoms with van der Waals surface area (Å²) in [5.74, 6) is -1.15. The maximum atomic E-state index is 13.0. The van der Waals surface area contributed by atoms with Gasteiger partial charge in [-0.25, -0.2) is 9.18 Å². The SMILES string of the molecule is NC(=O)[C@H](OC(=O)c1ccc2c(c1)OCO2)c1ccc(F)cc1. The minimum absolute atomic E-state index is 0.0767. The number of hydrogen-bond acceptors (Lipinski definition) is 5. The summed E-state index contributed by atoms with van der Waals surface area (Å²) in [6, 6.07) is 9.47. The van der Waals surface area contributed by atoms with Crippen molar-refractivity contribution in [2.75, 3.05) is 6.79 Å². The first-order chi connectivity index (χ1) is 11.0. The topological polar surface area (TPSA) is 87.9 Å². The highest BCUT2D eigenvalue weighted by atomic mass is 19.1. The van der Waals surface area contributed by atoms with Crippen molar-refractivity contribution in [3.8, 4) is 11.5 Å². The number of primary amides is 1. The van der Waals surface area contributed by atoms with Gasteiger partial charge in [-0.1, -0.05) is 12.1 Å². The molecule has 0 radical (unpaired) electrons. The summed E-state index contributed by atoms with van der Waals surface area (Å²) < 4.78 is 28.4. The van der Waals surface area contributed by atoms with Crippen LogP contribution in [0.2, 0.25) is 0 Å². The second-order valence-corrected chi connectivity index (χ2v) is 4.81. The number of fused-ring (bicyclic) bond motifs is 1. The highest BCUT2D eigenvalue weighted by Crippen LogP contribution is 2.33. The van der Waals surface area contributed by atoms with E-state index in [0.29, 0.717) is 11.5 Å². The molecule has 1 aliphatic heterocycles. The minimum Gasteiger partial charge on any atom is -0.454 e. The number of benzene rings is 2. The van der Waals surface area contributed by atoms with Crippen LogP contribution < -0.4 is 15.2 Å². The van der Waals surface area contributed by atoms with Gasteiger partial charge >= 0.3 is 5.97 Å². The predicted octanol–water partition coefficient (Wildman–Crippen LogP) is 1.94. The maximum absolute atomic E-state index is 13.0. The molecule has 1 aliphatic rings. The van der Waals surface area contributed by atoms with Gasteiger partial charge in [-0.3, -0.25) is 4.79 Å². The molecule has 0 aliphatic carbocycles. The van der Waals surface area contributed by atoms with Crippen LogP contribution in [0.15, 0.2) is 42.5 Å². The monoisotopic (exact) mass is 317 g/mol. The van der Waals surface area contributed by atoms with E-state index in [-0.39, 0.29) is 17.9 Å². The number of rotatable bonds is 4. The van der Waals surface area contributed by atoms with E-state index in [1.165, 1.54) is 24.3 Å². The summed E-state index contributed by atoms with van der Waals surface area (Å²) in [5, 5.41) is 0. The number of carbonyl (C=O) groups is 2. The van der Waals surface area contributed by atoms with Gasteiger partial charge in [-0.15, -0.1) is 0 Å². The smallest absolute Gasteiger partial charge is 0.339 e. The normalized spacial score (nSPS) is 13.4. The Morgan fingerprint density at radius 3 is 2.48 bits per heavy atom. The number of esters is 1. The largest absolute Gasteiger partial charge is 0.454 e. The Morgan fingerprint density at radius 1 is 1.09 bits per heavy atom. The zero-order chi connectivity index (χ0) is 16.4. The molecule has 0 aromatic heterocycles. The van der Waals surface area contributed by atoms with Crippen LogP contribution in [0.3, 0.4) is 0 Å². The number of amides is 1. The fourth-order valence-electron chi connectivity index (χ4n) is 2.13. The fourth-order valence-corrected chi connectivity index (χ4v) is 2.13. The van der Waals surface area contributed by atoms with Crippen molar-refractivity contribution in [3.05, 3.63) is 59.4 Å². The Kier molecular flexibility index (Phi) is 3.84. The van der Waals surface area contributed by atoms with E-state index in [4.69, 9.17) is 19.9 Å². The molecule has 0 fully saturated rings. The molecule has 0 saturated heterocycles. The molecule has 23 heavy (non-hydrogen) atoms. The first-order valence-corrected chi connectivity index (χ1v) is 6.70. The third-order valence-electron chi connectivity index (χ3n) is 3.26. The van der Waals surface area contributed by atoms with E-state index in [9.17, 15) is 14.0 Å². The summed E-state index contributed by atoms with van der Waals surface area (Å²) in [7, 11) is 0. The number of nitrogens with two attached hydrogens (primary N) is 1. The molecule has 6 nitrogen and oxygen atoms in total. The Bertz CT molecular complexity index is 760. The van der Waals surface area contributed by atoms with E-state index in [1.807, 2.05) is 0 Å². The van der Waals surface area contributed by atoms with Gasteiger partial charge in [-0.05, 0) is 30.3 Å². The number of hydrogen-bond donors (Lipinski definition) is 1. The summed E-state index contributed by atoms with van der Waals surface area (Å²) in [4.78, 5) is 23.7. The lowest BCUT2D eigenvalue weighted by atomic mass is 10.1. The van der Waals surface area contributed by atoms with Crippen LogP contribution in [-0.4, -0.2) is 18.7 Å². The quantitative estimate of drug-likeness (QED) is 0.871. The molecular weight excluding hydrogens is 305 g/mol. The molecule has 0 saturated carbocycles. The third-order valence-corrected chi connectivity index (χ3v) is 3.26. The van der Waals surface area contributed by atoms with Crippen LogP contribution in [0, 0.1) is 5.82 Å². The standard InChI is InChI=1S/C16H12FNO5/c17-11-4-1-9(2-5-11)14(15(18)19)23-16(20)10-3-6-12-13(7-10)22-8-21-12/h1-7,14H,8H2,(H2,18,19)/t14-/m1/s1. The second-order valence-electron chi connectivity index (χ2n) is 4.81. The van der Waals surface area contributed by atoms with E-state index in [1.54, 1.807) is 6.07 Å². The molecule has 0 bridgehead atoms. The number of ether oxygens (including phenoxy) is 3. The minimum atomic E-state index is -1.31. The predicted molar refractivity (Wildman–Crippen MR) is 76.3 cm³/mol. The Balaban J connectivity index is 1.81. The molecule has 1 atom stereocenters. The van der Waals surface area contributed by atoms with Gasteiger partial charge in [0.1, 0.15) is 5.82 Å².